The van der Waals surface area contributed by atoms with Crippen LogP contribution in [-0.4, -0.2) is 60.7 Å². The third-order valence-corrected chi connectivity index (χ3v) is 7.31. The standard InChI is InChI=1S/C27H35N3O2/c1-31-22-11-12-27-25(19-22)23(24-9-5-13-28-26(24)20-32-27)10-6-14-29-15-17-30(18-16-29)21-7-3-2-4-8-21/h5,9-13,19,21H,2-4,6-8,14-18,20H2,1H3/b23-10+. The molecule has 2 fully saturated rings. The number of hydrogen-bond donors (Lipinski definition) is 0. The van der Waals surface area contributed by atoms with Crippen LogP contribution in [0.15, 0.2) is 42.6 Å². The quantitative estimate of drug-likeness (QED) is 0.680. The fourth-order valence-electron chi connectivity index (χ4n) is 5.47. The third kappa shape index (κ3) is 4.69. The summed E-state index contributed by atoms with van der Waals surface area (Å²) in [7, 11) is 1.71. The van der Waals surface area contributed by atoms with E-state index in [1.807, 2.05) is 24.4 Å². The third-order valence-electron chi connectivity index (χ3n) is 7.31. The molecule has 1 aromatic heterocycles. The first-order chi connectivity index (χ1) is 15.8. The van der Waals surface area contributed by atoms with Gasteiger partial charge in [-0.1, -0.05) is 31.4 Å². The predicted molar refractivity (Wildman–Crippen MR) is 128 cm³/mol. The summed E-state index contributed by atoms with van der Waals surface area (Å²) in [6.07, 6.45) is 12.3. The van der Waals surface area contributed by atoms with E-state index in [2.05, 4.69) is 33.0 Å². The van der Waals surface area contributed by atoms with Gasteiger partial charge >= 0.3 is 0 Å². The average Bonchev–Trinajstić information content (AvgIpc) is 3.01. The maximum Gasteiger partial charge on any atom is 0.131 e. The Morgan fingerprint density at radius 3 is 2.72 bits per heavy atom. The van der Waals surface area contributed by atoms with Crippen LogP contribution in [0.4, 0.5) is 0 Å². The number of pyridine rings is 1. The molecule has 1 aliphatic carbocycles. The van der Waals surface area contributed by atoms with Gasteiger partial charge in [0.05, 0.1) is 12.8 Å². The minimum absolute atomic E-state index is 0.496. The highest BCUT2D eigenvalue weighted by atomic mass is 16.5. The smallest absolute Gasteiger partial charge is 0.131 e. The number of aromatic nitrogens is 1. The lowest BCUT2D eigenvalue weighted by molar-refractivity contribution is 0.0799. The second-order valence-electron chi connectivity index (χ2n) is 9.22. The van der Waals surface area contributed by atoms with Crippen LogP contribution in [0.1, 0.15) is 55.3 Å². The van der Waals surface area contributed by atoms with Crippen molar-refractivity contribution in [3.8, 4) is 11.5 Å². The molecule has 1 saturated carbocycles. The summed E-state index contributed by atoms with van der Waals surface area (Å²) < 4.78 is 11.6. The van der Waals surface area contributed by atoms with Gasteiger partial charge in [0.25, 0.3) is 0 Å². The molecule has 0 unspecified atom stereocenters. The van der Waals surface area contributed by atoms with Crippen LogP contribution in [-0.2, 0) is 6.61 Å². The molecule has 1 saturated heterocycles. The number of benzene rings is 1. The van der Waals surface area contributed by atoms with Gasteiger partial charge in [-0.25, -0.2) is 0 Å². The molecule has 2 aromatic rings. The average molecular weight is 434 g/mol. The Morgan fingerprint density at radius 1 is 1.06 bits per heavy atom. The number of fused-ring (bicyclic) bond motifs is 2. The molecule has 3 aliphatic rings. The van der Waals surface area contributed by atoms with Crippen LogP contribution in [0.25, 0.3) is 5.57 Å². The fraction of sp³-hybridized carbons (Fsp3) is 0.519. The van der Waals surface area contributed by atoms with Gasteiger partial charge in [0.2, 0.25) is 0 Å². The summed E-state index contributed by atoms with van der Waals surface area (Å²) >= 11 is 0. The van der Waals surface area contributed by atoms with E-state index in [1.165, 1.54) is 69.4 Å². The molecule has 5 rings (SSSR count). The summed E-state index contributed by atoms with van der Waals surface area (Å²) in [5, 5.41) is 0. The zero-order chi connectivity index (χ0) is 21.8. The van der Waals surface area contributed by atoms with Crippen molar-refractivity contribution in [2.24, 2.45) is 0 Å². The molecule has 0 radical (unpaired) electrons. The van der Waals surface area contributed by atoms with E-state index >= 15 is 0 Å². The first-order valence-electron chi connectivity index (χ1n) is 12.2. The molecule has 0 atom stereocenters. The fourth-order valence-corrected chi connectivity index (χ4v) is 5.47. The molecule has 0 amide bonds. The summed E-state index contributed by atoms with van der Waals surface area (Å²) in [6, 6.07) is 11.1. The molecule has 5 heteroatoms. The van der Waals surface area contributed by atoms with Crippen LogP contribution < -0.4 is 9.47 Å². The Kier molecular flexibility index (Phi) is 6.75. The van der Waals surface area contributed by atoms with Crippen LogP contribution in [0.5, 0.6) is 11.5 Å². The zero-order valence-electron chi connectivity index (χ0n) is 19.3. The van der Waals surface area contributed by atoms with E-state index in [0.29, 0.717) is 6.61 Å². The lowest BCUT2D eigenvalue weighted by Crippen LogP contribution is -2.50. The van der Waals surface area contributed by atoms with E-state index in [4.69, 9.17) is 9.47 Å². The van der Waals surface area contributed by atoms with Gasteiger partial charge in [-0.2, -0.15) is 0 Å². The molecule has 170 valence electrons. The van der Waals surface area contributed by atoms with Crippen LogP contribution in [0.3, 0.4) is 0 Å². The van der Waals surface area contributed by atoms with E-state index in [9.17, 15) is 0 Å². The van der Waals surface area contributed by atoms with Crippen LogP contribution in [0, 0.1) is 0 Å². The Labute approximate surface area is 192 Å². The molecule has 1 aromatic carbocycles. The van der Waals surface area contributed by atoms with Crippen molar-refractivity contribution in [3.05, 3.63) is 59.4 Å². The van der Waals surface area contributed by atoms with Crippen molar-refractivity contribution in [2.75, 3.05) is 39.8 Å². The minimum Gasteiger partial charge on any atom is -0.497 e. The highest BCUT2D eigenvalue weighted by molar-refractivity contribution is 5.85. The topological polar surface area (TPSA) is 37.8 Å². The monoisotopic (exact) mass is 433 g/mol. The van der Waals surface area contributed by atoms with Gasteiger partial charge in [0.15, 0.2) is 0 Å². The van der Waals surface area contributed by atoms with Crippen molar-refractivity contribution >= 4 is 5.57 Å². The van der Waals surface area contributed by atoms with Gasteiger partial charge in [-0.05, 0) is 49.1 Å². The number of methoxy groups -OCH3 is 1. The highest BCUT2D eigenvalue weighted by Gasteiger charge is 2.25. The Morgan fingerprint density at radius 2 is 1.91 bits per heavy atom. The molecule has 5 nitrogen and oxygen atoms in total. The van der Waals surface area contributed by atoms with E-state index in [1.54, 1.807) is 7.11 Å². The largest absolute Gasteiger partial charge is 0.497 e. The van der Waals surface area contributed by atoms with E-state index in [0.717, 1.165) is 41.8 Å². The molecule has 32 heavy (non-hydrogen) atoms. The molecular weight excluding hydrogens is 398 g/mol. The number of piperazine rings is 1. The van der Waals surface area contributed by atoms with Crippen molar-refractivity contribution < 1.29 is 9.47 Å². The van der Waals surface area contributed by atoms with Crippen molar-refractivity contribution in [1.29, 1.82) is 0 Å². The molecule has 3 heterocycles. The minimum atomic E-state index is 0.496. The van der Waals surface area contributed by atoms with Crippen LogP contribution in [0.2, 0.25) is 0 Å². The van der Waals surface area contributed by atoms with Gasteiger partial charge in [0, 0.05) is 56.1 Å². The number of nitrogens with zero attached hydrogens (tertiary/aromatic N) is 3. The summed E-state index contributed by atoms with van der Waals surface area (Å²) in [5.41, 5.74) is 4.47. The molecule has 0 bridgehead atoms. The lowest BCUT2D eigenvalue weighted by Gasteiger charge is -2.40. The van der Waals surface area contributed by atoms with Gasteiger partial charge in [-0.15, -0.1) is 0 Å². The summed E-state index contributed by atoms with van der Waals surface area (Å²) in [6.45, 7) is 6.41. The van der Waals surface area contributed by atoms with Crippen molar-refractivity contribution in [2.45, 2.75) is 51.2 Å². The van der Waals surface area contributed by atoms with Crippen molar-refractivity contribution in [3.63, 3.8) is 0 Å². The second kappa shape index (κ2) is 10.1. The number of hydrogen-bond acceptors (Lipinski definition) is 5. The van der Waals surface area contributed by atoms with Gasteiger partial charge in [0.1, 0.15) is 18.1 Å². The normalized spacial score (nSPS) is 21.5. The highest BCUT2D eigenvalue weighted by Crippen LogP contribution is 2.38. The SMILES string of the molecule is COc1ccc2c(c1)/C(=C/CCN1CCN(C3CCCCC3)CC1)c1cccnc1CO2. The molecular formula is C27H35N3O2. The Balaban J connectivity index is 1.28. The first-order valence-corrected chi connectivity index (χ1v) is 12.2. The molecule has 2 aliphatic heterocycles. The maximum atomic E-state index is 6.10. The molecule has 0 N–H and O–H groups in total. The van der Waals surface area contributed by atoms with E-state index < -0.39 is 0 Å². The Bertz CT molecular complexity index is 944. The predicted octanol–water partition coefficient (Wildman–Crippen LogP) is 4.75. The van der Waals surface area contributed by atoms with Gasteiger partial charge < -0.3 is 14.4 Å². The molecule has 0 spiro atoms. The van der Waals surface area contributed by atoms with Crippen molar-refractivity contribution in [1.82, 2.24) is 14.8 Å². The number of rotatable bonds is 5. The zero-order valence-corrected chi connectivity index (χ0v) is 19.3. The maximum absolute atomic E-state index is 6.10. The first kappa shape index (κ1) is 21.5. The Hall–Kier alpha value is -2.37. The second-order valence-corrected chi connectivity index (χ2v) is 9.22. The lowest BCUT2D eigenvalue weighted by atomic mass is 9.94. The number of ether oxygens (including phenoxy) is 2. The van der Waals surface area contributed by atoms with E-state index in [-0.39, 0.29) is 0 Å². The summed E-state index contributed by atoms with van der Waals surface area (Å²) in [4.78, 5) is 9.97. The summed E-state index contributed by atoms with van der Waals surface area (Å²) in [5.74, 6) is 1.75. The van der Waals surface area contributed by atoms with Crippen LogP contribution >= 0.6 is 0 Å². The van der Waals surface area contributed by atoms with Gasteiger partial charge in [-0.3, -0.25) is 9.88 Å².